The minimum Gasteiger partial charge on any atom is -0.454 e. The summed E-state index contributed by atoms with van der Waals surface area (Å²) in [6.45, 7) is -0.812. The van der Waals surface area contributed by atoms with Gasteiger partial charge in [0.1, 0.15) is 0 Å². The Labute approximate surface area is 149 Å². The summed E-state index contributed by atoms with van der Waals surface area (Å²) in [5, 5.41) is 10.4. The number of nitro groups is 1. The maximum atomic E-state index is 12.6. The van der Waals surface area contributed by atoms with Crippen molar-refractivity contribution in [1.82, 2.24) is 0 Å². The SMILES string of the molecule is O=C(COC(=O)c1ccc([N+](=O)[O-])cc1Cl)c1cccc(C(F)(F)F)c1. The quantitative estimate of drug-likeness (QED) is 0.330. The molecule has 0 N–H and O–H groups in total. The average Bonchev–Trinajstić information content (AvgIpc) is 2.58. The third-order valence-corrected chi connectivity index (χ3v) is 3.54. The molecule has 0 aliphatic carbocycles. The number of carbonyl (C=O) groups is 2. The van der Waals surface area contributed by atoms with Crippen molar-refractivity contribution in [2.45, 2.75) is 6.18 Å². The molecule has 0 heterocycles. The molecule has 0 saturated heterocycles. The highest BCUT2D eigenvalue weighted by molar-refractivity contribution is 6.33. The van der Waals surface area contributed by atoms with Gasteiger partial charge in [0.2, 0.25) is 0 Å². The normalized spacial score (nSPS) is 11.1. The van der Waals surface area contributed by atoms with Crippen LogP contribution in [-0.2, 0) is 10.9 Å². The smallest absolute Gasteiger partial charge is 0.416 e. The van der Waals surface area contributed by atoms with Gasteiger partial charge in [-0.2, -0.15) is 13.2 Å². The zero-order valence-corrected chi connectivity index (χ0v) is 13.5. The van der Waals surface area contributed by atoms with Crippen molar-refractivity contribution >= 4 is 29.0 Å². The number of carbonyl (C=O) groups excluding carboxylic acids is 2. The molecule has 2 aromatic rings. The molecule has 0 unspecified atom stereocenters. The fourth-order valence-corrected chi connectivity index (χ4v) is 2.20. The Morgan fingerprint density at radius 3 is 2.42 bits per heavy atom. The lowest BCUT2D eigenvalue weighted by Crippen LogP contribution is -2.15. The Hall–Kier alpha value is -2.94. The molecule has 0 bridgehead atoms. The molecule has 10 heteroatoms. The standard InChI is InChI=1S/C16H9ClF3NO5/c17-13-7-11(21(24)25)4-5-12(13)15(23)26-8-14(22)9-2-1-3-10(6-9)16(18,19)20/h1-7H,8H2. The molecule has 0 radical (unpaired) electrons. The molecule has 6 nitrogen and oxygen atoms in total. The van der Waals surface area contributed by atoms with E-state index in [0.717, 1.165) is 36.4 Å². The highest BCUT2D eigenvalue weighted by atomic mass is 35.5. The minimum absolute atomic E-state index is 0.214. The van der Waals surface area contributed by atoms with Crippen molar-refractivity contribution in [2.75, 3.05) is 6.61 Å². The van der Waals surface area contributed by atoms with E-state index in [1.807, 2.05) is 0 Å². The lowest BCUT2D eigenvalue weighted by atomic mass is 10.1. The van der Waals surface area contributed by atoms with Crippen LogP contribution in [0.25, 0.3) is 0 Å². The van der Waals surface area contributed by atoms with Gasteiger partial charge in [0.25, 0.3) is 5.69 Å². The number of alkyl halides is 3. The highest BCUT2D eigenvalue weighted by Gasteiger charge is 2.31. The number of benzene rings is 2. The van der Waals surface area contributed by atoms with Crippen molar-refractivity contribution in [1.29, 1.82) is 0 Å². The largest absolute Gasteiger partial charge is 0.454 e. The van der Waals surface area contributed by atoms with Gasteiger partial charge in [-0.1, -0.05) is 23.7 Å². The lowest BCUT2D eigenvalue weighted by molar-refractivity contribution is -0.384. The van der Waals surface area contributed by atoms with E-state index in [2.05, 4.69) is 0 Å². The van der Waals surface area contributed by atoms with E-state index >= 15 is 0 Å². The summed E-state index contributed by atoms with van der Waals surface area (Å²) in [4.78, 5) is 33.7. The number of halogens is 4. The first-order valence-electron chi connectivity index (χ1n) is 6.91. The zero-order chi connectivity index (χ0) is 19.5. The molecule has 0 saturated carbocycles. The average molecular weight is 388 g/mol. The van der Waals surface area contributed by atoms with Gasteiger partial charge in [-0.05, 0) is 18.2 Å². The molecule has 2 rings (SSSR count). The molecule has 0 atom stereocenters. The zero-order valence-electron chi connectivity index (χ0n) is 12.7. The number of non-ortho nitro benzene ring substituents is 1. The molecule has 0 aromatic heterocycles. The summed E-state index contributed by atoms with van der Waals surface area (Å²) in [5.74, 6) is -1.88. The van der Waals surface area contributed by atoms with Crippen molar-refractivity contribution in [3.05, 3.63) is 74.3 Å². The summed E-state index contributed by atoms with van der Waals surface area (Å²) in [6.07, 6.45) is -4.61. The van der Waals surface area contributed by atoms with Crippen LogP contribution in [0.4, 0.5) is 18.9 Å². The van der Waals surface area contributed by atoms with E-state index in [-0.39, 0.29) is 21.8 Å². The van der Waals surface area contributed by atoms with Gasteiger partial charge in [0.15, 0.2) is 12.4 Å². The Morgan fingerprint density at radius 2 is 1.85 bits per heavy atom. The van der Waals surface area contributed by atoms with Crippen LogP contribution in [0.3, 0.4) is 0 Å². The van der Waals surface area contributed by atoms with Crippen LogP contribution in [0.15, 0.2) is 42.5 Å². The number of nitro benzene ring substituents is 1. The van der Waals surface area contributed by atoms with Gasteiger partial charge >= 0.3 is 12.1 Å². The number of hydrogen-bond donors (Lipinski definition) is 0. The van der Waals surface area contributed by atoms with E-state index in [1.165, 1.54) is 0 Å². The van der Waals surface area contributed by atoms with E-state index in [9.17, 15) is 32.9 Å². The first-order valence-corrected chi connectivity index (χ1v) is 7.29. The van der Waals surface area contributed by atoms with Crippen LogP contribution >= 0.6 is 11.6 Å². The van der Waals surface area contributed by atoms with E-state index < -0.39 is 35.0 Å². The van der Waals surface area contributed by atoms with Crippen LogP contribution in [0.1, 0.15) is 26.3 Å². The van der Waals surface area contributed by atoms with Crippen LogP contribution in [0.2, 0.25) is 5.02 Å². The summed E-state index contributed by atoms with van der Waals surface area (Å²) in [7, 11) is 0. The second kappa shape index (κ2) is 7.52. The van der Waals surface area contributed by atoms with Crippen molar-refractivity contribution in [2.24, 2.45) is 0 Å². The van der Waals surface area contributed by atoms with Crippen LogP contribution in [-0.4, -0.2) is 23.3 Å². The molecule has 26 heavy (non-hydrogen) atoms. The molecule has 136 valence electrons. The number of ether oxygens (including phenoxy) is 1. The van der Waals surface area contributed by atoms with Crippen molar-refractivity contribution in [3.8, 4) is 0 Å². The Kier molecular flexibility index (Phi) is 5.61. The minimum atomic E-state index is -4.61. The summed E-state index contributed by atoms with van der Waals surface area (Å²) < 4.78 is 42.7. The molecule has 0 aliphatic heterocycles. The third-order valence-electron chi connectivity index (χ3n) is 3.23. The van der Waals surface area contributed by atoms with Crippen molar-refractivity contribution in [3.63, 3.8) is 0 Å². The predicted molar refractivity (Wildman–Crippen MR) is 84.2 cm³/mol. The molecule has 0 fully saturated rings. The van der Waals surface area contributed by atoms with Gasteiger partial charge in [-0.15, -0.1) is 0 Å². The Bertz CT molecular complexity index is 882. The summed E-state index contributed by atoms with van der Waals surface area (Å²) in [6, 6.07) is 6.69. The van der Waals surface area contributed by atoms with Crippen LogP contribution in [0, 0.1) is 10.1 Å². The maximum Gasteiger partial charge on any atom is 0.416 e. The molecule has 0 aliphatic rings. The topological polar surface area (TPSA) is 86.5 Å². The summed E-state index contributed by atoms with van der Waals surface area (Å²) in [5.41, 5.74) is -1.84. The van der Waals surface area contributed by atoms with Crippen LogP contribution < -0.4 is 0 Å². The highest BCUT2D eigenvalue weighted by Crippen LogP contribution is 2.29. The number of hydrogen-bond acceptors (Lipinski definition) is 5. The Morgan fingerprint density at radius 1 is 1.15 bits per heavy atom. The van der Waals surface area contributed by atoms with Gasteiger partial charge in [-0.25, -0.2) is 4.79 Å². The first-order chi connectivity index (χ1) is 12.1. The molecule has 2 aromatic carbocycles. The Balaban J connectivity index is 2.08. The fraction of sp³-hybridized carbons (Fsp3) is 0.125. The lowest BCUT2D eigenvalue weighted by Gasteiger charge is -2.09. The van der Waals surface area contributed by atoms with Gasteiger partial charge in [-0.3, -0.25) is 14.9 Å². The number of nitrogens with zero attached hydrogens (tertiary/aromatic N) is 1. The summed E-state index contributed by atoms with van der Waals surface area (Å²) >= 11 is 5.76. The molecular formula is C16H9ClF3NO5. The first kappa shape index (κ1) is 19.4. The van der Waals surface area contributed by atoms with E-state index in [4.69, 9.17) is 16.3 Å². The second-order valence-electron chi connectivity index (χ2n) is 5.00. The monoisotopic (exact) mass is 387 g/mol. The molecule has 0 spiro atoms. The van der Waals surface area contributed by atoms with Crippen LogP contribution in [0.5, 0.6) is 0 Å². The van der Waals surface area contributed by atoms with Gasteiger partial charge < -0.3 is 4.74 Å². The fourth-order valence-electron chi connectivity index (χ4n) is 1.94. The van der Waals surface area contributed by atoms with Gasteiger partial charge in [0, 0.05) is 17.7 Å². The third kappa shape index (κ3) is 4.57. The van der Waals surface area contributed by atoms with Crippen molar-refractivity contribution < 1.29 is 32.4 Å². The number of Topliss-reactive ketones (excluding diaryl/α,β-unsaturated/α-hetero) is 1. The maximum absolute atomic E-state index is 12.6. The second-order valence-corrected chi connectivity index (χ2v) is 5.41. The molecule has 0 amide bonds. The predicted octanol–water partition coefficient (Wildman–Crippen LogP) is 4.31. The van der Waals surface area contributed by atoms with E-state index in [1.54, 1.807) is 0 Å². The number of ketones is 1. The van der Waals surface area contributed by atoms with Gasteiger partial charge in [0.05, 0.1) is 21.1 Å². The number of esters is 1. The molecular weight excluding hydrogens is 379 g/mol. The van der Waals surface area contributed by atoms with E-state index in [0.29, 0.717) is 6.07 Å². The number of rotatable bonds is 5.